The second kappa shape index (κ2) is 4.46. The van der Waals surface area contributed by atoms with Crippen molar-refractivity contribution in [3.63, 3.8) is 0 Å². The van der Waals surface area contributed by atoms with Gasteiger partial charge in [0.15, 0.2) is 0 Å². The number of rotatable bonds is 3. The standard InChI is InChI=1S/C7H13N5O/c1-6-4-10-12(5-6)3-2-9-7(8)11-13/h4-5,13H,2-3H2,1H3,(H3,8,9,11). The predicted molar refractivity (Wildman–Crippen MR) is 48.4 cm³/mol. The molecule has 0 spiro atoms. The maximum absolute atomic E-state index is 8.31. The summed E-state index contributed by atoms with van der Waals surface area (Å²) in [5.74, 6) is 0.0175. The molecule has 0 aromatic carbocycles. The molecule has 72 valence electrons. The van der Waals surface area contributed by atoms with Crippen molar-refractivity contribution >= 4 is 5.96 Å². The van der Waals surface area contributed by atoms with Crippen LogP contribution in [0.15, 0.2) is 17.4 Å². The van der Waals surface area contributed by atoms with Gasteiger partial charge in [-0.1, -0.05) is 0 Å². The van der Waals surface area contributed by atoms with Crippen molar-refractivity contribution in [2.75, 3.05) is 6.54 Å². The molecule has 0 fully saturated rings. The first-order chi connectivity index (χ1) is 6.22. The van der Waals surface area contributed by atoms with Crippen LogP contribution in [-0.2, 0) is 6.54 Å². The fourth-order valence-corrected chi connectivity index (χ4v) is 0.898. The molecule has 0 unspecified atom stereocenters. The molecule has 0 atom stereocenters. The molecule has 0 radical (unpaired) electrons. The number of nitrogens with one attached hydrogen (secondary N) is 1. The van der Waals surface area contributed by atoms with Crippen molar-refractivity contribution in [3.8, 4) is 0 Å². The van der Waals surface area contributed by atoms with Gasteiger partial charge in [-0.05, 0) is 12.5 Å². The number of aromatic nitrogens is 2. The predicted octanol–water partition coefficient (Wildman–Crippen LogP) is -0.515. The largest absolute Gasteiger partial charge is 0.368 e. The van der Waals surface area contributed by atoms with Crippen LogP contribution < -0.4 is 11.2 Å². The van der Waals surface area contributed by atoms with Gasteiger partial charge in [0.05, 0.1) is 19.3 Å². The van der Waals surface area contributed by atoms with Gasteiger partial charge >= 0.3 is 0 Å². The zero-order chi connectivity index (χ0) is 9.68. The molecule has 1 rings (SSSR count). The molecular formula is C7H13N5O. The quantitative estimate of drug-likeness (QED) is 0.334. The van der Waals surface area contributed by atoms with Gasteiger partial charge in [0.1, 0.15) is 0 Å². The van der Waals surface area contributed by atoms with E-state index >= 15 is 0 Å². The van der Waals surface area contributed by atoms with E-state index in [0.717, 1.165) is 5.56 Å². The number of nitrogens with two attached hydrogens (primary N) is 1. The highest BCUT2D eigenvalue weighted by atomic mass is 16.5. The molecule has 0 aliphatic heterocycles. The van der Waals surface area contributed by atoms with Gasteiger partial charge < -0.3 is 5.73 Å². The Labute approximate surface area is 76.0 Å². The van der Waals surface area contributed by atoms with Crippen LogP contribution in [0.4, 0.5) is 0 Å². The number of hydrogen-bond donors (Lipinski definition) is 3. The number of aryl methyl sites for hydroxylation is 1. The first-order valence-electron chi connectivity index (χ1n) is 3.91. The Balaban J connectivity index is 2.35. The van der Waals surface area contributed by atoms with Crippen LogP contribution >= 0.6 is 0 Å². The molecule has 0 bridgehead atoms. The van der Waals surface area contributed by atoms with Gasteiger partial charge in [0.25, 0.3) is 0 Å². The molecule has 0 saturated carbocycles. The van der Waals surface area contributed by atoms with Crippen LogP contribution in [0.1, 0.15) is 5.56 Å². The van der Waals surface area contributed by atoms with Crippen LogP contribution in [0.2, 0.25) is 0 Å². The summed E-state index contributed by atoms with van der Waals surface area (Å²) in [6, 6.07) is 0. The Hall–Kier alpha value is -1.56. The molecule has 0 amide bonds. The second-order valence-electron chi connectivity index (χ2n) is 2.66. The lowest BCUT2D eigenvalue weighted by Gasteiger charge is -1.98. The third-order valence-electron chi connectivity index (χ3n) is 1.49. The zero-order valence-electron chi connectivity index (χ0n) is 7.44. The van der Waals surface area contributed by atoms with Crippen molar-refractivity contribution in [2.24, 2.45) is 10.7 Å². The molecule has 4 N–H and O–H groups in total. The molecule has 6 nitrogen and oxygen atoms in total. The van der Waals surface area contributed by atoms with Crippen LogP contribution in [0.3, 0.4) is 0 Å². The summed E-state index contributed by atoms with van der Waals surface area (Å²) in [7, 11) is 0. The number of hydroxylamine groups is 1. The SMILES string of the molecule is Cc1cnn(CCN=C(N)NO)c1. The first-order valence-corrected chi connectivity index (χ1v) is 3.91. The average Bonchev–Trinajstić information content (AvgIpc) is 2.51. The summed E-state index contributed by atoms with van der Waals surface area (Å²) < 4.78 is 1.77. The summed E-state index contributed by atoms with van der Waals surface area (Å²) in [6.45, 7) is 3.10. The Kier molecular flexibility index (Phi) is 3.27. The van der Waals surface area contributed by atoms with Crippen molar-refractivity contribution in [3.05, 3.63) is 18.0 Å². The van der Waals surface area contributed by atoms with E-state index in [9.17, 15) is 0 Å². The molecule has 1 aromatic heterocycles. The molecule has 0 saturated heterocycles. The molecule has 0 aliphatic carbocycles. The second-order valence-corrected chi connectivity index (χ2v) is 2.66. The van der Waals surface area contributed by atoms with E-state index in [1.54, 1.807) is 16.4 Å². The summed E-state index contributed by atoms with van der Waals surface area (Å²) >= 11 is 0. The highest BCUT2D eigenvalue weighted by molar-refractivity contribution is 5.76. The maximum atomic E-state index is 8.31. The lowest BCUT2D eigenvalue weighted by atomic mass is 10.4. The third-order valence-corrected chi connectivity index (χ3v) is 1.49. The minimum absolute atomic E-state index is 0.0175. The minimum Gasteiger partial charge on any atom is -0.368 e. The van der Waals surface area contributed by atoms with Crippen molar-refractivity contribution in [1.29, 1.82) is 0 Å². The zero-order valence-corrected chi connectivity index (χ0v) is 7.44. The van der Waals surface area contributed by atoms with E-state index in [1.807, 2.05) is 13.1 Å². The van der Waals surface area contributed by atoms with Gasteiger partial charge in [0.2, 0.25) is 5.96 Å². The monoisotopic (exact) mass is 183 g/mol. The van der Waals surface area contributed by atoms with E-state index in [2.05, 4.69) is 10.1 Å². The maximum Gasteiger partial charge on any atom is 0.212 e. The van der Waals surface area contributed by atoms with Gasteiger partial charge in [-0.3, -0.25) is 9.89 Å². The van der Waals surface area contributed by atoms with Gasteiger partial charge in [0, 0.05) is 6.20 Å². The normalized spacial score (nSPS) is 11.7. The van der Waals surface area contributed by atoms with Gasteiger partial charge in [-0.2, -0.15) is 5.10 Å². The fourth-order valence-electron chi connectivity index (χ4n) is 0.898. The molecular weight excluding hydrogens is 170 g/mol. The average molecular weight is 183 g/mol. The van der Waals surface area contributed by atoms with Crippen LogP contribution in [0.5, 0.6) is 0 Å². The van der Waals surface area contributed by atoms with E-state index in [1.165, 1.54) is 0 Å². The van der Waals surface area contributed by atoms with Crippen molar-refractivity contribution in [2.45, 2.75) is 13.5 Å². The highest BCUT2D eigenvalue weighted by Crippen LogP contribution is 1.93. The minimum atomic E-state index is 0.0175. The van der Waals surface area contributed by atoms with E-state index < -0.39 is 0 Å². The highest BCUT2D eigenvalue weighted by Gasteiger charge is 1.92. The Morgan fingerprint density at radius 3 is 3.15 bits per heavy atom. The first kappa shape index (κ1) is 9.53. The third kappa shape index (κ3) is 3.12. The number of aliphatic imine (C=N–C) groups is 1. The van der Waals surface area contributed by atoms with Gasteiger partial charge in [-0.25, -0.2) is 10.5 Å². The summed E-state index contributed by atoms with van der Waals surface area (Å²) in [5, 5.41) is 12.4. The van der Waals surface area contributed by atoms with Crippen LogP contribution in [0, 0.1) is 6.92 Å². The molecule has 1 aromatic rings. The lowest BCUT2D eigenvalue weighted by Crippen LogP contribution is -2.28. The summed E-state index contributed by atoms with van der Waals surface area (Å²) in [5.41, 5.74) is 8.06. The topological polar surface area (TPSA) is 88.5 Å². The number of hydrogen-bond acceptors (Lipinski definition) is 3. The summed E-state index contributed by atoms with van der Waals surface area (Å²) in [6.07, 6.45) is 3.69. The Morgan fingerprint density at radius 1 is 1.85 bits per heavy atom. The van der Waals surface area contributed by atoms with Gasteiger partial charge in [-0.15, -0.1) is 0 Å². The van der Waals surface area contributed by atoms with Crippen molar-refractivity contribution in [1.82, 2.24) is 15.3 Å². The Morgan fingerprint density at radius 2 is 2.62 bits per heavy atom. The summed E-state index contributed by atoms with van der Waals surface area (Å²) in [4.78, 5) is 3.82. The number of guanidine groups is 1. The molecule has 13 heavy (non-hydrogen) atoms. The molecule has 6 heteroatoms. The van der Waals surface area contributed by atoms with Crippen molar-refractivity contribution < 1.29 is 5.21 Å². The fraction of sp³-hybridized carbons (Fsp3) is 0.429. The molecule has 1 heterocycles. The van der Waals surface area contributed by atoms with E-state index in [0.29, 0.717) is 13.1 Å². The van der Waals surface area contributed by atoms with Crippen LogP contribution in [-0.4, -0.2) is 27.5 Å². The van der Waals surface area contributed by atoms with E-state index in [4.69, 9.17) is 10.9 Å². The number of nitrogens with zero attached hydrogens (tertiary/aromatic N) is 3. The molecule has 0 aliphatic rings. The van der Waals surface area contributed by atoms with E-state index in [-0.39, 0.29) is 5.96 Å². The smallest absolute Gasteiger partial charge is 0.212 e. The lowest BCUT2D eigenvalue weighted by molar-refractivity contribution is 0.232. The Bertz CT molecular complexity index is 293. The van der Waals surface area contributed by atoms with Crippen LogP contribution in [0.25, 0.3) is 0 Å².